The fourth-order valence-electron chi connectivity index (χ4n) is 2.32. The number of halogens is 1. The molecule has 0 bridgehead atoms. The molecule has 1 N–H and O–H groups in total. The standard InChI is InChI=1S/C19H21ClN2O2/c1-2-22(14-16-6-4-3-5-7-16)19(24)18(23)21-13-12-15-8-10-17(20)11-9-15/h3-11H,2,12-14H2,1H3,(H,21,23). The summed E-state index contributed by atoms with van der Waals surface area (Å²) in [6.45, 7) is 3.19. The Hall–Kier alpha value is -2.33. The van der Waals surface area contributed by atoms with Gasteiger partial charge in [-0.2, -0.15) is 0 Å². The zero-order valence-electron chi connectivity index (χ0n) is 13.7. The van der Waals surface area contributed by atoms with E-state index in [1.165, 1.54) is 4.90 Å². The Morgan fingerprint density at radius 3 is 2.29 bits per heavy atom. The number of carbonyl (C=O) groups is 2. The molecular weight excluding hydrogens is 324 g/mol. The topological polar surface area (TPSA) is 49.4 Å². The van der Waals surface area contributed by atoms with Crippen molar-refractivity contribution in [1.29, 1.82) is 0 Å². The lowest BCUT2D eigenvalue weighted by atomic mass is 10.1. The molecule has 0 unspecified atom stereocenters. The molecule has 126 valence electrons. The van der Waals surface area contributed by atoms with E-state index in [2.05, 4.69) is 5.32 Å². The Morgan fingerprint density at radius 2 is 1.67 bits per heavy atom. The summed E-state index contributed by atoms with van der Waals surface area (Å²) in [5.41, 5.74) is 2.06. The molecule has 5 heteroatoms. The number of nitrogens with one attached hydrogen (secondary N) is 1. The number of hydrogen-bond acceptors (Lipinski definition) is 2. The van der Waals surface area contributed by atoms with Crippen LogP contribution in [0.4, 0.5) is 0 Å². The maximum Gasteiger partial charge on any atom is 0.312 e. The quantitative estimate of drug-likeness (QED) is 0.819. The van der Waals surface area contributed by atoms with Crippen LogP contribution in [0.15, 0.2) is 54.6 Å². The van der Waals surface area contributed by atoms with Crippen molar-refractivity contribution < 1.29 is 9.59 Å². The third-order valence-electron chi connectivity index (χ3n) is 3.69. The van der Waals surface area contributed by atoms with Gasteiger partial charge in [-0.1, -0.05) is 54.1 Å². The molecule has 0 radical (unpaired) electrons. The van der Waals surface area contributed by atoms with Crippen LogP contribution < -0.4 is 5.32 Å². The van der Waals surface area contributed by atoms with Gasteiger partial charge in [-0.05, 0) is 36.6 Å². The van der Waals surface area contributed by atoms with E-state index < -0.39 is 11.8 Å². The molecule has 4 nitrogen and oxygen atoms in total. The number of carbonyl (C=O) groups excluding carboxylic acids is 2. The molecule has 0 atom stereocenters. The molecule has 0 saturated heterocycles. The molecule has 24 heavy (non-hydrogen) atoms. The monoisotopic (exact) mass is 344 g/mol. The first-order valence-corrected chi connectivity index (χ1v) is 8.33. The summed E-state index contributed by atoms with van der Waals surface area (Å²) in [6, 6.07) is 17.1. The van der Waals surface area contributed by atoms with E-state index in [4.69, 9.17) is 11.6 Å². The third-order valence-corrected chi connectivity index (χ3v) is 3.94. The predicted octanol–water partition coefficient (Wildman–Crippen LogP) is 3.05. The minimum Gasteiger partial charge on any atom is -0.347 e. The number of amides is 2. The maximum absolute atomic E-state index is 12.3. The van der Waals surface area contributed by atoms with Crippen molar-refractivity contribution in [2.24, 2.45) is 0 Å². The van der Waals surface area contributed by atoms with Crippen LogP contribution in [0.3, 0.4) is 0 Å². The number of benzene rings is 2. The lowest BCUT2D eigenvalue weighted by molar-refractivity contribution is -0.146. The summed E-state index contributed by atoms with van der Waals surface area (Å²) < 4.78 is 0. The molecule has 0 saturated carbocycles. The van der Waals surface area contributed by atoms with E-state index in [0.717, 1.165) is 11.1 Å². The number of hydrogen-bond donors (Lipinski definition) is 1. The van der Waals surface area contributed by atoms with Gasteiger partial charge in [-0.15, -0.1) is 0 Å². The van der Waals surface area contributed by atoms with E-state index in [9.17, 15) is 9.59 Å². The minimum absolute atomic E-state index is 0.412. The fourth-order valence-corrected chi connectivity index (χ4v) is 2.45. The van der Waals surface area contributed by atoms with Gasteiger partial charge in [-0.25, -0.2) is 0 Å². The minimum atomic E-state index is -0.568. The van der Waals surface area contributed by atoms with E-state index in [1.807, 2.05) is 61.5 Å². The maximum atomic E-state index is 12.3. The molecule has 0 aliphatic rings. The second kappa shape index (κ2) is 9.08. The van der Waals surface area contributed by atoms with Crippen LogP contribution in [-0.4, -0.2) is 29.8 Å². The van der Waals surface area contributed by atoms with Crippen LogP contribution in [0.1, 0.15) is 18.1 Å². The van der Waals surface area contributed by atoms with Crippen molar-refractivity contribution in [2.45, 2.75) is 19.9 Å². The zero-order valence-corrected chi connectivity index (χ0v) is 14.4. The van der Waals surface area contributed by atoms with Crippen molar-refractivity contribution in [3.05, 3.63) is 70.7 Å². The second-order valence-electron chi connectivity index (χ2n) is 5.44. The summed E-state index contributed by atoms with van der Waals surface area (Å²) in [7, 11) is 0. The van der Waals surface area contributed by atoms with Crippen molar-refractivity contribution >= 4 is 23.4 Å². The van der Waals surface area contributed by atoms with Crippen LogP contribution in [0, 0.1) is 0 Å². The van der Waals surface area contributed by atoms with Gasteiger partial charge < -0.3 is 10.2 Å². The number of rotatable bonds is 6. The average Bonchev–Trinajstić information content (AvgIpc) is 2.61. The number of likely N-dealkylation sites (N-methyl/N-ethyl adjacent to an activating group) is 1. The highest BCUT2D eigenvalue weighted by atomic mass is 35.5. The highest BCUT2D eigenvalue weighted by molar-refractivity contribution is 6.35. The Morgan fingerprint density at radius 1 is 1.00 bits per heavy atom. The summed E-state index contributed by atoms with van der Waals surface area (Å²) in [5, 5.41) is 3.36. The Kier molecular flexibility index (Phi) is 6.82. The van der Waals surface area contributed by atoms with Gasteiger partial charge in [0.15, 0.2) is 0 Å². The van der Waals surface area contributed by atoms with Gasteiger partial charge in [-0.3, -0.25) is 9.59 Å². The molecule has 0 aliphatic carbocycles. The Balaban J connectivity index is 1.83. The Bertz CT molecular complexity index is 672. The molecule has 2 aromatic carbocycles. The van der Waals surface area contributed by atoms with Crippen LogP contribution in [0.2, 0.25) is 5.02 Å². The lowest BCUT2D eigenvalue weighted by Crippen LogP contribution is -2.43. The SMILES string of the molecule is CCN(Cc1ccccc1)C(=O)C(=O)NCCc1ccc(Cl)cc1. The smallest absolute Gasteiger partial charge is 0.312 e. The normalized spacial score (nSPS) is 10.2. The average molecular weight is 345 g/mol. The van der Waals surface area contributed by atoms with E-state index in [1.54, 1.807) is 0 Å². The van der Waals surface area contributed by atoms with Crippen molar-refractivity contribution in [3.8, 4) is 0 Å². The summed E-state index contributed by atoms with van der Waals surface area (Å²) >= 11 is 5.84. The Labute approximate surface area is 147 Å². The largest absolute Gasteiger partial charge is 0.347 e. The molecule has 0 heterocycles. The first-order chi connectivity index (χ1) is 11.6. The van der Waals surface area contributed by atoms with Crippen molar-refractivity contribution in [2.75, 3.05) is 13.1 Å². The van der Waals surface area contributed by atoms with Gasteiger partial charge in [0.25, 0.3) is 0 Å². The van der Waals surface area contributed by atoms with Crippen LogP contribution in [0.25, 0.3) is 0 Å². The van der Waals surface area contributed by atoms with Gasteiger partial charge in [0.05, 0.1) is 0 Å². The van der Waals surface area contributed by atoms with Crippen LogP contribution >= 0.6 is 11.6 Å². The first kappa shape index (κ1) is 18.0. The first-order valence-electron chi connectivity index (χ1n) is 7.95. The molecule has 2 rings (SSSR count). The van der Waals surface area contributed by atoms with Crippen LogP contribution in [-0.2, 0) is 22.6 Å². The molecule has 2 amide bonds. The van der Waals surface area contributed by atoms with Crippen molar-refractivity contribution in [3.63, 3.8) is 0 Å². The van der Waals surface area contributed by atoms with Gasteiger partial charge in [0, 0.05) is 24.7 Å². The molecule has 0 fully saturated rings. The van der Waals surface area contributed by atoms with Gasteiger partial charge >= 0.3 is 11.8 Å². The zero-order chi connectivity index (χ0) is 17.4. The molecule has 0 spiro atoms. The van der Waals surface area contributed by atoms with Gasteiger partial charge in [0.2, 0.25) is 0 Å². The second-order valence-corrected chi connectivity index (χ2v) is 5.87. The summed E-state index contributed by atoms with van der Waals surface area (Å²) in [6.07, 6.45) is 0.654. The molecular formula is C19H21ClN2O2. The van der Waals surface area contributed by atoms with Gasteiger partial charge in [0.1, 0.15) is 0 Å². The fraction of sp³-hybridized carbons (Fsp3) is 0.263. The van der Waals surface area contributed by atoms with E-state index in [-0.39, 0.29) is 0 Å². The lowest BCUT2D eigenvalue weighted by Gasteiger charge is -2.20. The van der Waals surface area contributed by atoms with Crippen LogP contribution in [0.5, 0.6) is 0 Å². The third kappa shape index (κ3) is 5.39. The highest BCUT2D eigenvalue weighted by Gasteiger charge is 2.20. The molecule has 0 aromatic heterocycles. The summed E-state index contributed by atoms with van der Waals surface area (Å²) in [4.78, 5) is 25.9. The van der Waals surface area contributed by atoms with E-state index in [0.29, 0.717) is 31.1 Å². The summed E-state index contributed by atoms with van der Waals surface area (Å²) in [5.74, 6) is -1.07. The number of nitrogens with zero attached hydrogens (tertiary/aromatic N) is 1. The van der Waals surface area contributed by atoms with E-state index >= 15 is 0 Å². The highest BCUT2D eigenvalue weighted by Crippen LogP contribution is 2.09. The predicted molar refractivity (Wildman–Crippen MR) is 95.7 cm³/mol. The molecule has 0 aliphatic heterocycles. The molecule has 2 aromatic rings. The van der Waals surface area contributed by atoms with Crippen molar-refractivity contribution in [1.82, 2.24) is 10.2 Å².